The van der Waals surface area contributed by atoms with E-state index in [9.17, 15) is 10.1 Å². The molecule has 3 aromatic rings. The van der Waals surface area contributed by atoms with Crippen molar-refractivity contribution in [2.45, 2.75) is 0 Å². The van der Waals surface area contributed by atoms with E-state index in [0.717, 1.165) is 5.39 Å². The number of nitrogen functional groups attached to an aromatic ring is 1. The summed E-state index contributed by atoms with van der Waals surface area (Å²) >= 11 is 0. The van der Waals surface area contributed by atoms with Gasteiger partial charge in [0.05, 0.1) is 16.1 Å². The van der Waals surface area contributed by atoms with Crippen molar-refractivity contribution in [2.75, 3.05) is 11.1 Å². The van der Waals surface area contributed by atoms with Crippen LogP contribution in [0, 0.1) is 10.1 Å². The monoisotopic (exact) mass is 281 g/mol. The van der Waals surface area contributed by atoms with Gasteiger partial charge in [-0.05, 0) is 18.2 Å². The normalized spacial score (nSPS) is 10.5. The first-order valence-corrected chi connectivity index (χ1v) is 6.17. The minimum absolute atomic E-state index is 0.0955. The third kappa shape index (κ3) is 2.44. The highest BCUT2D eigenvalue weighted by molar-refractivity contribution is 5.92. The van der Waals surface area contributed by atoms with E-state index in [2.05, 4.69) is 15.3 Å². The van der Waals surface area contributed by atoms with E-state index in [0.29, 0.717) is 11.2 Å². The maximum atomic E-state index is 11.1. The Morgan fingerprint density at radius 1 is 1.14 bits per heavy atom. The Morgan fingerprint density at radius 3 is 2.76 bits per heavy atom. The van der Waals surface area contributed by atoms with Crippen LogP contribution in [0.15, 0.2) is 48.7 Å². The average molecular weight is 281 g/mol. The van der Waals surface area contributed by atoms with E-state index in [1.54, 1.807) is 12.3 Å². The smallest absolute Gasteiger partial charge is 0.311 e. The van der Waals surface area contributed by atoms with E-state index in [1.807, 2.05) is 24.3 Å². The molecule has 2 heterocycles. The van der Waals surface area contributed by atoms with Gasteiger partial charge in [-0.2, -0.15) is 0 Å². The SMILES string of the molecule is Nc1ccc([N+](=O)[O-])c(Nc2cccc3cccnc23)n1. The predicted molar refractivity (Wildman–Crippen MR) is 80.3 cm³/mol. The first-order valence-electron chi connectivity index (χ1n) is 6.17. The fraction of sp³-hybridized carbons (Fsp3) is 0. The van der Waals surface area contributed by atoms with Gasteiger partial charge in [-0.25, -0.2) is 4.98 Å². The number of nitro groups is 1. The molecule has 1 aromatic carbocycles. The molecule has 0 aliphatic carbocycles. The molecule has 3 rings (SSSR count). The number of hydrogen-bond donors (Lipinski definition) is 2. The number of benzene rings is 1. The van der Waals surface area contributed by atoms with Crippen molar-refractivity contribution in [1.82, 2.24) is 9.97 Å². The lowest BCUT2D eigenvalue weighted by atomic mass is 10.2. The molecule has 7 nitrogen and oxygen atoms in total. The van der Waals surface area contributed by atoms with Gasteiger partial charge in [0.25, 0.3) is 0 Å². The van der Waals surface area contributed by atoms with Crippen molar-refractivity contribution in [2.24, 2.45) is 0 Å². The molecular weight excluding hydrogens is 270 g/mol. The molecule has 21 heavy (non-hydrogen) atoms. The molecular formula is C14H11N5O2. The third-order valence-corrected chi connectivity index (χ3v) is 2.98. The molecule has 2 aromatic heterocycles. The van der Waals surface area contributed by atoms with E-state index >= 15 is 0 Å². The second-order valence-corrected chi connectivity index (χ2v) is 4.37. The standard InChI is InChI=1S/C14H11N5O2/c15-12-7-6-11(19(20)21)14(18-12)17-10-5-1-3-9-4-2-8-16-13(9)10/h1-8H,(H3,15,17,18). The Labute approximate surface area is 119 Å². The maximum absolute atomic E-state index is 11.1. The summed E-state index contributed by atoms with van der Waals surface area (Å²) in [4.78, 5) is 18.8. The summed E-state index contributed by atoms with van der Waals surface area (Å²) in [6.45, 7) is 0. The highest BCUT2D eigenvalue weighted by atomic mass is 16.6. The molecule has 0 unspecified atom stereocenters. The second-order valence-electron chi connectivity index (χ2n) is 4.37. The molecule has 0 saturated carbocycles. The quantitative estimate of drug-likeness (QED) is 0.564. The third-order valence-electron chi connectivity index (χ3n) is 2.98. The molecule has 0 radical (unpaired) electrons. The van der Waals surface area contributed by atoms with E-state index in [4.69, 9.17) is 5.73 Å². The lowest BCUT2D eigenvalue weighted by Gasteiger charge is -2.09. The van der Waals surface area contributed by atoms with E-state index < -0.39 is 4.92 Å². The van der Waals surface area contributed by atoms with Crippen molar-refractivity contribution in [1.29, 1.82) is 0 Å². The molecule has 0 fully saturated rings. The van der Waals surface area contributed by atoms with Crippen LogP contribution < -0.4 is 11.1 Å². The predicted octanol–water partition coefficient (Wildman–Crippen LogP) is 2.86. The Balaban J connectivity index is 2.11. The van der Waals surface area contributed by atoms with Gasteiger partial charge >= 0.3 is 5.69 Å². The average Bonchev–Trinajstić information content (AvgIpc) is 2.47. The topological polar surface area (TPSA) is 107 Å². The van der Waals surface area contributed by atoms with Crippen LogP contribution in [0.4, 0.5) is 23.0 Å². The van der Waals surface area contributed by atoms with Gasteiger partial charge in [-0.1, -0.05) is 18.2 Å². The lowest BCUT2D eigenvalue weighted by molar-refractivity contribution is -0.384. The van der Waals surface area contributed by atoms with Crippen LogP contribution in [-0.4, -0.2) is 14.9 Å². The minimum atomic E-state index is -0.507. The van der Waals surface area contributed by atoms with Crippen LogP contribution in [0.5, 0.6) is 0 Å². The summed E-state index contributed by atoms with van der Waals surface area (Å²) in [7, 11) is 0. The number of aromatic nitrogens is 2. The molecule has 0 aliphatic rings. The zero-order valence-corrected chi connectivity index (χ0v) is 10.9. The van der Waals surface area contributed by atoms with Gasteiger partial charge in [-0.15, -0.1) is 0 Å². The highest BCUT2D eigenvalue weighted by Gasteiger charge is 2.16. The van der Waals surface area contributed by atoms with Crippen molar-refractivity contribution in [3.8, 4) is 0 Å². The molecule has 0 atom stereocenters. The zero-order valence-electron chi connectivity index (χ0n) is 10.9. The molecule has 7 heteroatoms. The summed E-state index contributed by atoms with van der Waals surface area (Å²) < 4.78 is 0. The lowest BCUT2D eigenvalue weighted by Crippen LogP contribution is -2.02. The van der Waals surface area contributed by atoms with Crippen LogP contribution >= 0.6 is 0 Å². The minimum Gasteiger partial charge on any atom is -0.384 e. The molecule has 0 aliphatic heterocycles. The van der Waals surface area contributed by atoms with Gasteiger partial charge in [0.15, 0.2) is 0 Å². The van der Waals surface area contributed by atoms with Crippen LogP contribution in [0.2, 0.25) is 0 Å². The van der Waals surface area contributed by atoms with Crippen molar-refractivity contribution >= 4 is 33.9 Å². The second kappa shape index (κ2) is 5.04. The van der Waals surface area contributed by atoms with Gasteiger partial charge in [0.2, 0.25) is 5.82 Å². The van der Waals surface area contributed by atoms with E-state index in [1.165, 1.54) is 12.1 Å². The van der Waals surface area contributed by atoms with Crippen molar-refractivity contribution in [3.63, 3.8) is 0 Å². The fourth-order valence-corrected chi connectivity index (χ4v) is 2.04. The molecule has 0 saturated heterocycles. The Hall–Kier alpha value is -3.22. The van der Waals surface area contributed by atoms with Gasteiger partial charge in [0, 0.05) is 17.6 Å². The fourth-order valence-electron chi connectivity index (χ4n) is 2.04. The number of nitrogens with one attached hydrogen (secondary N) is 1. The molecule has 0 amide bonds. The number of nitrogens with zero attached hydrogens (tertiary/aromatic N) is 3. The zero-order chi connectivity index (χ0) is 14.8. The summed E-state index contributed by atoms with van der Waals surface area (Å²) in [5.74, 6) is 0.300. The number of hydrogen-bond acceptors (Lipinski definition) is 6. The van der Waals surface area contributed by atoms with Crippen molar-refractivity contribution < 1.29 is 4.92 Å². The number of nitrogens with two attached hydrogens (primary N) is 1. The van der Waals surface area contributed by atoms with Crippen LogP contribution in [0.3, 0.4) is 0 Å². The highest BCUT2D eigenvalue weighted by Crippen LogP contribution is 2.29. The van der Waals surface area contributed by atoms with Gasteiger partial charge < -0.3 is 11.1 Å². The summed E-state index contributed by atoms with van der Waals surface area (Å²) in [6, 6.07) is 12.0. The molecule has 0 bridgehead atoms. The van der Waals surface area contributed by atoms with E-state index in [-0.39, 0.29) is 17.3 Å². The summed E-state index contributed by atoms with van der Waals surface area (Å²) in [5, 5.41) is 14.9. The molecule has 0 spiro atoms. The van der Waals surface area contributed by atoms with Crippen molar-refractivity contribution in [3.05, 3.63) is 58.8 Å². The molecule has 3 N–H and O–H groups in total. The first kappa shape index (κ1) is 12.8. The largest absolute Gasteiger partial charge is 0.384 e. The van der Waals surface area contributed by atoms with Crippen LogP contribution in [0.1, 0.15) is 0 Å². The summed E-state index contributed by atoms with van der Waals surface area (Å²) in [5.41, 5.74) is 6.80. The number of fused-ring (bicyclic) bond motifs is 1. The summed E-state index contributed by atoms with van der Waals surface area (Å²) in [6.07, 6.45) is 1.66. The van der Waals surface area contributed by atoms with Crippen LogP contribution in [-0.2, 0) is 0 Å². The Morgan fingerprint density at radius 2 is 1.95 bits per heavy atom. The molecule has 104 valence electrons. The van der Waals surface area contributed by atoms with Crippen LogP contribution in [0.25, 0.3) is 10.9 Å². The number of pyridine rings is 2. The number of rotatable bonds is 3. The first-order chi connectivity index (χ1) is 10.1. The van der Waals surface area contributed by atoms with Gasteiger partial charge in [-0.3, -0.25) is 15.1 Å². The van der Waals surface area contributed by atoms with Gasteiger partial charge in [0.1, 0.15) is 5.82 Å². The Bertz CT molecular complexity index is 829. The Kier molecular flexibility index (Phi) is 3.07. The maximum Gasteiger partial charge on any atom is 0.311 e. The number of para-hydroxylation sites is 1. The number of anilines is 3.